The van der Waals surface area contributed by atoms with Crippen LogP contribution in [0.3, 0.4) is 0 Å². The number of aryl methyl sites for hydroxylation is 2. The summed E-state index contributed by atoms with van der Waals surface area (Å²) >= 11 is 19.2. The number of carbonyl (C=O) groups is 1. The Bertz CT molecular complexity index is 1100. The van der Waals surface area contributed by atoms with Crippen molar-refractivity contribution < 1.29 is 9.53 Å². The highest BCUT2D eigenvalue weighted by atomic mass is 79.9. The van der Waals surface area contributed by atoms with Gasteiger partial charge < -0.3 is 15.4 Å². The van der Waals surface area contributed by atoms with Crippen molar-refractivity contribution in [3.8, 4) is 5.75 Å². The fourth-order valence-electron chi connectivity index (χ4n) is 2.84. The van der Waals surface area contributed by atoms with Gasteiger partial charge in [-0.15, -0.1) is 0 Å². The van der Waals surface area contributed by atoms with Gasteiger partial charge >= 0.3 is 0 Å². The van der Waals surface area contributed by atoms with Crippen LogP contribution in [0.2, 0.25) is 10.0 Å². The first-order chi connectivity index (χ1) is 14.7. The third kappa shape index (κ3) is 6.62. The summed E-state index contributed by atoms with van der Waals surface area (Å²) in [7, 11) is 0. The summed E-state index contributed by atoms with van der Waals surface area (Å²) in [6.07, 6.45) is 0. The van der Waals surface area contributed by atoms with E-state index < -0.39 is 0 Å². The number of nitrogens with one attached hydrogen (secondary N) is 2. The van der Waals surface area contributed by atoms with E-state index in [4.69, 9.17) is 27.9 Å². The Morgan fingerprint density at radius 3 is 2.32 bits per heavy atom. The average molecular weight is 587 g/mol. The van der Waals surface area contributed by atoms with Crippen LogP contribution in [-0.2, 0) is 11.3 Å². The van der Waals surface area contributed by atoms with Crippen LogP contribution in [0.25, 0.3) is 0 Å². The molecule has 1 amide bonds. The van der Waals surface area contributed by atoms with Crippen molar-refractivity contribution in [3.63, 3.8) is 0 Å². The number of hydrogen-bond donors (Lipinski definition) is 2. The van der Waals surface area contributed by atoms with Crippen LogP contribution in [0.4, 0.5) is 11.4 Å². The minimum atomic E-state index is -0.277. The second-order valence-corrected chi connectivity index (χ2v) is 9.55. The Balaban J connectivity index is 1.61. The van der Waals surface area contributed by atoms with Crippen LogP contribution in [-0.4, -0.2) is 12.5 Å². The quantitative estimate of drug-likeness (QED) is 0.297. The Morgan fingerprint density at radius 1 is 0.968 bits per heavy atom. The van der Waals surface area contributed by atoms with Gasteiger partial charge in [-0.2, -0.15) is 0 Å². The van der Waals surface area contributed by atoms with E-state index in [1.807, 2.05) is 50.2 Å². The molecule has 162 valence electrons. The standard InChI is InChI=1S/C23H20Br2Cl2N2O2/c1-13-4-6-17(10-20(13)27)29-22(30)12-31-23-18(24)7-15(8-19(23)25)11-28-21-9-16(26)5-3-14(21)2/h3-10,28H,11-12H2,1-2H3,(H,29,30). The van der Waals surface area contributed by atoms with Crippen molar-refractivity contribution in [1.29, 1.82) is 0 Å². The summed E-state index contributed by atoms with van der Waals surface area (Å²) in [6, 6.07) is 15.0. The van der Waals surface area contributed by atoms with E-state index in [9.17, 15) is 4.79 Å². The van der Waals surface area contributed by atoms with Crippen molar-refractivity contribution in [2.45, 2.75) is 20.4 Å². The lowest BCUT2D eigenvalue weighted by Crippen LogP contribution is -2.20. The van der Waals surface area contributed by atoms with E-state index in [1.165, 1.54) is 0 Å². The van der Waals surface area contributed by atoms with Crippen LogP contribution < -0.4 is 15.4 Å². The zero-order chi connectivity index (χ0) is 22.5. The molecule has 0 radical (unpaired) electrons. The molecule has 0 fully saturated rings. The molecule has 0 aliphatic rings. The number of anilines is 2. The first kappa shape index (κ1) is 23.9. The predicted molar refractivity (Wildman–Crippen MR) is 136 cm³/mol. The SMILES string of the molecule is Cc1ccc(NC(=O)COc2c(Br)cc(CNc3cc(Cl)ccc3C)cc2Br)cc1Cl. The third-order valence-electron chi connectivity index (χ3n) is 4.54. The van der Waals surface area contributed by atoms with Gasteiger partial charge in [0.05, 0.1) is 8.95 Å². The molecule has 3 rings (SSSR count). The number of amides is 1. The summed E-state index contributed by atoms with van der Waals surface area (Å²) in [5.41, 5.74) is 4.70. The molecule has 0 aromatic heterocycles. The molecule has 3 aromatic rings. The van der Waals surface area contributed by atoms with Crippen LogP contribution in [0.5, 0.6) is 5.75 Å². The Morgan fingerprint density at radius 2 is 1.65 bits per heavy atom. The van der Waals surface area contributed by atoms with Gasteiger partial charge in [0.25, 0.3) is 5.91 Å². The molecule has 3 aromatic carbocycles. The molecule has 2 N–H and O–H groups in total. The van der Waals surface area contributed by atoms with E-state index in [2.05, 4.69) is 42.5 Å². The van der Waals surface area contributed by atoms with Gasteiger partial charge in [0, 0.05) is 28.0 Å². The molecular weight excluding hydrogens is 567 g/mol. The van der Waals surface area contributed by atoms with Gasteiger partial charge in [0.15, 0.2) is 6.61 Å². The lowest BCUT2D eigenvalue weighted by Gasteiger charge is -2.14. The molecule has 0 heterocycles. The summed E-state index contributed by atoms with van der Waals surface area (Å²) in [4.78, 5) is 12.3. The van der Waals surface area contributed by atoms with E-state index >= 15 is 0 Å². The molecule has 0 aliphatic carbocycles. The Labute approximate surface area is 208 Å². The largest absolute Gasteiger partial charge is 0.481 e. The predicted octanol–water partition coefficient (Wildman–Crippen LogP) is 7.76. The second kappa shape index (κ2) is 10.7. The topological polar surface area (TPSA) is 50.4 Å². The van der Waals surface area contributed by atoms with Crippen LogP contribution in [0.1, 0.15) is 16.7 Å². The van der Waals surface area contributed by atoms with Gasteiger partial charge in [-0.05, 0) is 98.8 Å². The first-order valence-electron chi connectivity index (χ1n) is 9.39. The number of ether oxygens (including phenoxy) is 1. The zero-order valence-corrected chi connectivity index (χ0v) is 21.5. The highest BCUT2D eigenvalue weighted by molar-refractivity contribution is 9.11. The highest BCUT2D eigenvalue weighted by Crippen LogP contribution is 2.35. The smallest absolute Gasteiger partial charge is 0.262 e. The molecule has 0 spiro atoms. The van der Waals surface area contributed by atoms with Crippen LogP contribution in [0, 0.1) is 13.8 Å². The van der Waals surface area contributed by atoms with Crippen molar-refractivity contribution >= 4 is 72.3 Å². The third-order valence-corrected chi connectivity index (χ3v) is 6.36. The van der Waals surface area contributed by atoms with Crippen molar-refractivity contribution in [3.05, 3.63) is 84.2 Å². The van der Waals surface area contributed by atoms with Gasteiger partial charge in [0.1, 0.15) is 5.75 Å². The molecule has 31 heavy (non-hydrogen) atoms. The van der Waals surface area contributed by atoms with Gasteiger partial charge in [-0.25, -0.2) is 0 Å². The molecule has 0 bridgehead atoms. The number of hydrogen-bond acceptors (Lipinski definition) is 3. The maximum absolute atomic E-state index is 12.3. The average Bonchev–Trinajstić information content (AvgIpc) is 2.71. The van der Waals surface area contributed by atoms with E-state index in [0.29, 0.717) is 28.0 Å². The van der Waals surface area contributed by atoms with Crippen LogP contribution in [0.15, 0.2) is 57.5 Å². The van der Waals surface area contributed by atoms with Crippen molar-refractivity contribution in [1.82, 2.24) is 0 Å². The Hall–Kier alpha value is -1.73. The van der Waals surface area contributed by atoms with Gasteiger partial charge in [-0.1, -0.05) is 35.3 Å². The van der Waals surface area contributed by atoms with Crippen molar-refractivity contribution in [2.75, 3.05) is 17.2 Å². The summed E-state index contributed by atoms with van der Waals surface area (Å²) in [5.74, 6) is 0.278. The number of carbonyl (C=O) groups excluding carboxylic acids is 1. The molecule has 0 saturated heterocycles. The molecule has 0 atom stereocenters. The summed E-state index contributed by atoms with van der Waals surface area (Å²) in [5, 5.41) is 7.45. The van der Waals surface area contributed by atoms with Crippen LogP contribution >= 0.6 is 55.1 Å². The lowest BCUT2D eigenvalue weighted by atomic mass is 10.1. The molecular formula is C23H20Br2Cl2N2O2. The number of benzene rings is 3. The van der Waals surface area contributed by atoms with E-state index in [-0.39, 0.29) is 12.5 Å². The minimum absolute atomic E-state index is 0.137. The number of rotatable bonds is 7. The fraction of sp³-hybridized carbons (Fsp3) is 0.174. The molecule has 4 nitrogen and oxygen atoms in total. The maximum atomic E-state index is 12.3. The molecule has 0 unspecified atom stereocenters. The summed E-state index contributed by atoms with van der Waals surface area (Å²) < 4.78 is 7.22. The monoisotopic (exact) mass is 584 g/mol. The summed E-state index contributed by atoms with van der Waals surface area (Å²) in [6.45, 7) is 4.40. The molecule has 0 aliphatic heterocycles. The van der Waals surface area contributed by atoms with Gasteiger partial charge in [0.2, 0.25) is 0 Å². The number of halogens is 4. The normalized spacial score (nSPS) is 10.6. The van der Waals surface area contributed by atoms with E-state index in [1.54, 1.807) is 12.1 Å². The fourth-order valence-corrected chi connectivity index (χ4v) is 4.70. The van der Waals surface area contributed by atoms with Gasteiger partial charge in [-0.3, -0.25) is 4.79 Å². The molecule has 8 heteroatoms. The maximum Gasteiger partial charge on any atom is 0.262 e. The lowest BCUT2D eigenvalue weighted by molar-refractivity contribution is -0.118. The Kier molecular flexibility index (Phi) is 8.28. The highest BCUT2D eigenvalue weighted by Gasteiger charge is 2.12. The zero-order valence-electron chi connectivity index (χ0n) is 16.9. The second-order valence-electron chi connectivity index (χ2n) is 7.00. The molecule has 0 saturated carbocycles. The first-order valence-corrected chi connectivity index (χ1v) is 11.7. The van der Waals surface area contributed by atoms with Crippen molar-refractivity contribution in [2.24, 2.45) is 0 Å². The minimum Gasteiger partial charge on any atom is -0.481 e. The van der Waals surface area contributed by atoms with E-state index in [0.717, 1.165) is 31.3 Å².